The van der Waals surface area contributed by atoms with E-state index in [2.05, 4.69) is 5.32 Å². The van der Waals surface area contributed by atoms with E-state index in [0.29, 0.717) is 17.9 Å². The molecule has 0 heterocycles. The summed E-state index contributed by atoms with van der Waals surface area (Å²) < 4.78 is 35.4. The zero-order valence-electron chi connectivity index (χ0n) is 17.4. The van der Waals surface area contributed by atoms with Gasteiger partial charge in [0.1, 0.15) is 11.5 Å². The molecular weight excluding hydrogens is 392 g/mol. The molecule has 2 atom stereocenters. The molecule has 0 radical (unpaired) electrons. The Balaban J connectivity index is 2.02. The first-order valence-electron chi connectivity index (χ1n) is 9.30. The van der Waals surface area contributed by atoms with Crippen molar-refractivity contribution in [1.29, 1.82) is 0 Å². The number of rotatable bonds is 9. The number of ether oxygens (including phenoxy) is 2. The van der Waals surface area contributed by atoms with Gasteiger partial charge in [-0.2, -0.15) is 0 Å². The number of methoxy groups -OCH3 is 1. The second kappa shape index (κ2) is 9.65. The Kier molecular flexibility index (Phi) is 7.50. The normalized spacial score (nSPS) is 13.3. The van der Waals surface area contributed by atoms with E-state index in [9.17, 15) is 13.2 Å². The summed E-state index contributed by atoms with van der Waals surface area (Å²) in [5, 5.41) is 2.96. The Morgan fingerprint density at radius 3 is 2.10 bits per heavy atom. The van der Waals surface area contributed by atoms with Gasteiger partial charge in [-0.3, -0.25) is 9.10 Å². The number of carbonyl (C=O) groups is 1. The standard InChI is InChI=1S/C21H28N2O5S/c1-6-20(21(24)22-15(2)16-7-11-18(27-4)12-8-16)28-19-13-9-17(10-14-19)23(3)29(5,25)26/h7-15,20H,6H2,1-5H3,(H,22,24)/t15-,20+/m1/s1. The van der Waals surface area contributed by atoms with Gasteiger partial charge in [0.25, 0.3) is 5.91 Å². The Hall–Kier alpha value is -2.74. The van der Waals surface area contributed by atoms with Gasteiger partial charge in [-0.25, -0.2) is 8.42 Å². The molecule has 29 heavy (non-hydrogen) atoms. The Morgan fingerprint density at radius 1 is 1.07 bits per heavy atom. The first kappa shape index (κ1) is 22.5. The molecule has 1 N–H and O–H groups in total. The lowest BCUT2D eigenvalue weighted by molar-refractivity contribution is -0.128. The molecule has 2 aromatic carbocycles. The van der Waals surface area contributed by atoms with Crippen LogP contribution in [0.25, 0.3) is 0 Å². The van der Waals surface area contributed by atoms with Gasteiger partial charge in [0.05, 0.1) is 25.1 Å². The van der Waals surface area contributed by atoms with Gasteiger partial charge in [-0.05, 0) is 55.3 Å². The van der Waals surface area contributed by atoms with Gasteiger partial charge < -0.3 is 14.8 Å². The zero-order chi connectivity index (χ0) is 21.6. The van der Waals surface area contributed by atoms with Crippen molar-refractivity contribution in [3.05, 3.63) is 54.1 Å². The lowest BCUT2D eigenvalue weighted by Gasteiger charge is -2.21. The van der Waals surface area contributed by atoms with Crippen molar-refractivity contribution in [2.75, 3.05) is 24.7 Å². The van der Waals surface area contributed by atoms with E-state index >= 15 is 0 Å². The summed E-state index contributed by atoms with van der Waals surface area (Å²) >= 11 is 0. The molecule has 7 nitrogen and oxygen atoms in total. The van der Waals surface area contributed by atoms with Crippen molar-refractivity contribution in [3.8, 4) is 11.5 Å². The SMILES string of the molecule is CC[C@H](Oc1ccc(N(C)S(C)(=O)=O)cc1)C(=O)N[C@H](C)c1ccc(OC)cc1. The van der Waals surface area contributed by atoms with Gasteiger partial charge in [-0.1, -0.05) is 19.1 Å². The number of carbonyl (C=O) groups excluding carboxylic acids is 1. The minimum absolute atomic E-state index is 0.183. The van der Waals surface area contributed by atoms with Gasteiger partial charge >= 0.3 is 0 Å². The van der Waals surface area contributed by atoms with E-state index in [4.69, 9.17) is 9.47 Å². The number of hydrogen-bond donors (Lipinski definition) is 1. The highest BCUT2D eigenvalue weighted by atomic mass is 32.2. The summed E-state index contributed by atoms with van der Waals surface area (Å²) in [5.74, 6) is 1.04. The van der Waals surface area contributed by atoms with Crippen LogP contribution in [0.1, 0.15) is 31.9 Å². The number of hydrogen-bond acceptors (Lipinski definition) is 5. The van der Waals surface area contributed by atoms with Gasteiger partial charge in [0, 0.05) is 7.05 Å². The summed E-state index contributed by atoms with van der Waals surface area (Å²) in [5.41, 5.74) is 1.48. The summed E-state index contributed by atoms with van der Waals surface area (Å²) in [6, 6.07) is 13.9. The van der Waals surface area contributed by atoms with Crippen molar-refractivity contribution in [1.82, 2.24) is 5.32 Å². The molecule has 158 valence electrons. The van der Waals surface area contributed by atoms with Crippen LogP contribution in [0.5, 0.6) is 11.5 Å². The zero-order valence-corrected chi connectivity index (χ0v) is 18.2. The number of anilines is 1. The fourth-order valence-corrected chi connectivity index (χ4v) is 3.20. The van der Waals surface area contributed by atoms with E-state index in [1.54, 1.807) is 31.4 Å². The third-order valence-electron chi connectivity index (χ3n) is 4.61. The second-order valence-corrected chi connectivity index (χ2v) is 8.76. The van der Waals surface area contributed by atoms with Crippen molar-refractivity contribution in [2.45, 2.75) is 32.4 Å². The first-order chi connectivity index (χ1) is 13.7. The van der Waals surface area contributed by atoms with Crippen LogP contribution < -0.4 is 19.1 Å². The largest absolute Gasteiger partial charge is 0.497 e. The molecule has 0 saturated heterocycles. The number of nitrogens with zero attached hydrogens (tertiary/aromatic N) is 1. The smallest absolute Gasteiger partial charge is 0.261 e. The van der Waals surface area contributed by atoms with Crippen LogP contribution in [0.2, 0.25) is 0 Å². The molecular formula is C21H28N2O5S. The first-order valence-corrected chi connectivity index (χ1v) is 11.2. The molecule has 0 aliphatic carbocycles. The highest BCUT2D eigenvalue weighted by Gasteiger charge is 2.21. The number of nitrogens with one attached hydrogen (secondary N) is 1. The van der Waals surface area contributed by atoms with Crippen LogP contribution in [-0.2, 0) is 14.8 Å². The molecule has 8 heteroatoms. The lowest BCUT2D eigenvalue weighted by atomic mass is 10.1. The van der Waals surface area contributed by atoms with E-state index in [1.165, 1.54) is 11.4 Å². The highest BCUT2D eigenvalue weighted by Crippen LogP contribution is 2.22. The van der Waals surface area contributed by atoms with E-state index in [0.717, 1.165) is 17.6 Å². The average Bonchev–Trinajstić information content (AvgIpc) is 2.71. The lowest BCUT2D eigenvalue weighted by Crippen LogP contribution is -2.39. The maximum Gasteiger partial charge on any atom is 0.261 e. The molecule has 0 aliphatic heterocycles. The summed E-state index contributed by atoms with van der Waals surface area (Å²) in [4.78, 5) is 12.6. The average molecular weight is 421 g/mol. The third kappa shape index (κ3) is 6.12. The van der Waals surface area contributed by atoms with Gasteiger partial charge in [0.2, 0.25) is 10.0 Å². The maximum absolute atomic E-state index is 12.6. The number of sulfonamides is 1. The fraction of sp³-hybridized carbons (Fsp3) is 0.381. The number of amides is 1. The molecule has 0 bridgehead atoms. The highest BCUT2D eigenvalue weighted by molar-refractivity contribution is 7.92. The molecule has 0 saturated carbocycles. The van der Waals surface area contributed by atoms with Crippen LogP contribution >= 0.6 is 0 Å². The number of benzene rings is 2. The molecule has 0 unspecified atom stereocenters. The van der Waals surface area contributed by atoms with E-state index in [1.807, 2.05) is 38.1 Å². The summed E-state index contributed by atoms with van der Waals surface area (Å²) in [7, 11) is -0.247. The van der Waals surface area contributed by atoms with Crippen LogP contribution in [0.3, 0.4) is 0 Å². The topological polar surface area (TPSA) is 84.9 Å². The van der Waals surface area contributed by atoms with Crippen LogP contribution in [-0.4, -0.2) is 40.8 Å². The molecule has 1 amide bonds. The van der Waals surface area contributed by atoms with Crippen molar-refractivity contribution in [2.24, 2.45) is 0 Å². The van der Waals surface area contributed by atoms with Crippen LogP contribution in [0.15, 0.2) is 48.5 Å². The molecule has 0 fully saturated rings. The second-order valence-electron chi connectivity index (χ2n) is 6.74. The van der Waals surface area contributed by atoms with Crippen LogP contribution in [0, 0.1) is 0 Å². The molecule has 0 spiro atoms. The summed E-state index contributed by atoms with van der Waals surface area (Å²) in [6.45, 7) is 3.77. The Bertz CT molecular complexity index is 911. The Labute approximate surface area is 172 Å². The minimum Gasteiger partial charge on any atom is -0.497 e. The molecule has 0 aromatic heterocycles. The molecule has 2 aromatic rings. The minimum atomic E-state index is -3.33. The molecule has 0 aliphatic rings. The summed E-state index contributed by atoms with van der Waals surface area (Å²) in [6.07, 6.45) is 0.972. The van der Waals surface area contributed by atoms with Crippen molar-refractivity contribution < 1.29 is 22.7 Å². The van der Waals surface area contributed by atoms with E-state index in [-0.39, 0.29) is 11.9 Å². The monoisotopic (exact) mass is 420 g/mol. The quantitative estimate of drug-likeness (QED) is 0.674. The fourth-order valence-electron chi connectivity index (χ4n) is 2.69. The predicted octanol–water partition coefficient (Wildman–Crippen LogP) is 3.13. The van der Waals surface area contributed by atoms with Crippen molar-refractivity contribution >= 4 is 21.6 Å². The third-order valence-corrected chi connectivity index (χ3v) is 5.82. The predicted molar refractivity (Wildman–Crippen MR) is 114 cm³/mol. The van der Waals surface area contributed by atoms with Gasteiger partial charge in [0.15, 0.2) is 6.10 Å². The van der Waals surface area contributed by atoms with Crippen molar-refractivity contribution in [3.63, 3.8) is 0 Å². The van der Waals surface area contributed by atoms with Gasteiger partial charge in [-0.15, -0.1) is 0 Å². The van der Waals surface area contributed by atoms with Crippen LogP contribution in [0.4, 0.5) is 5.69 Å². The Morgan fingerprint density at radius 2 is 1.62 bits per heavy atom. The molecule has 2 rings (SSSR count). The van der Waals surface area contributed by atoms with E-state index < -0.39 is 16.1 Å². The maximum atomic E-state index is 12.6.